The van der Waals surface area contributed by atoms with Crippen LogP contribution in [0.1, 0.15) is 32.3 Å². The van der Waals surface area contributed by atoms with Crippen molar-refractivity contribution in [1.29, 1.82) is 0 Å². The molecule has 1 atom stereocenters. The van der Waals surface area contributed by atoms with E-state index in [4.69, 9.17) is 4.74 Å². The number of benzene rings is 1. The SMILES string of the molecule is COc1ccc(S(=O)(=O)NCC(C(C)C)N2CCCC2)c(C)c1. The Labute approximate surface area is 140 Å². The third-order valence-electron chi connectivity index (χ3n) is 4.53. The molecule has 130 valence electrons. The first-order valence-electron chi connectivity index (χ1n) is 8.23. The number of hydrogen-bond acceptors (Lipinski definition) is 4. The second kappa shape index (κ2) is 7.64. The van der Waals surface area contributed by atoms with Crippen molar-refractivity contribution in [3.8, 4) is 5.75 Å². The summed E-state index contributed by atoms with van der Waals surface area (Å²) in [4.78, 5) is 2.72. The number of hydrogen-bond donors (Lipinski definition) is 1. The minimum absolute atomic E-state index is 0.242. The number of methoxy groups -OCH3 is 1. The van der Waals surface area contributed by atoms with Crippen molar-refractivity contribution in [1.82, 2.24) is 9.62 Å². The van der Waals surface area contributed by atoms with Gasteiger partial charge in [-0.05, 0) is 62.5 Å². The zero-order valence-corrected chi connectivity index (χ0v) is 15.3. The van der Waals surface area contributed by atoms with Gasteiger partial charge in [-0.15, -0.1) is 0 Å². The Bertz CT molecular complexity index is 623. The van der Waals surface area contributed by atoms with Crippen molar-refractivity contribution < 1.29 is 13.2 Å². The van der Waals surface area contributed by atoms with E-state index in [9.17, 15) is 8.42 Å². The van der Waals surface area contributed by atoms with Crippen molar-refractivity contribution >= 4 is 10.0 Å². The highest BCUT2D eigenvalue weighted by atomic mass is 32.2. The average Bonchev–Trinajstić information content (AvgIpc) is 3.00. The summed E-state index contributed by atoms with van der Waals surface area (Å²) in [5.74, 6) is 1.08. The Morgan fingerprint density at radius 3 is 2.43 bits per heavy atom. The molecule has 1 heterocycles. The van der Waals surface area contributed by atoms with Crippen LogP contribution in [-0.4, -0.2) is 46.1 Å². The molecular formula is C17H28N2O3S. The van der Waals surface area contributed by atoms with Gasteiger partial charge in [0.25, 0.3) is 0 Å². The molecule has 0 aromatic heterocycles. The highest BCUT2D eigenvalue weighted by Crippen LogP contribution is 2.22. The topological polar surface area (TPSA) is 58.6 Å². The van der Waals surface area contributed by atoms with Crippen LogP contribution in [0.4, 0.5) is 0 Å². The molecule has 6 heteroatoms. The van der Waals surface area contributed by atoms with Crippen LogP contribution in [0.2, 0.25) is 0 Å². The molecule has 2 rings (SSSR count). The highest BCUT2D eigenvalue weighted by Gasteiger charge is 2.27. The van der Waals surface area contributed by atoms with Gasteiger partial charge in [-0.3, -0.25) is 4.90 Å². The predicted octanol–water partition coefficient (Wildman–Crippen LogP) is 2.40. The van der Waals surface area contributed by atoms with Gasteiger partial charge in [0.1, 0.15) is 5.75 Å². The first kappa shape index (κ1) is 18.2. The van der Waals surface area contributed by atoms with Gasteiger partial charge >= 0.3 is 0 Å². The first-order chi connectivity index (χ1) is 10.8. The zero-order chi connectivity index (χ0) is 17.0. The van der Waals surface area contributed by atoms with E-state index in [1.165, 1.54) is 12.8 Å². The molecule has 1 aliphatic heterocycles. The molecule has 0 saturated carbocycles. The summed E-state index contributed by atoms with van der Waals surface area (Å²) < 4.78 is 33.2. The largest absolute Gasteiger partial charge is 0.497 e. The lowest BCUT2D eigenvalue weighted by Crippen LogP contribution is -2.45. The van der Waals surface area contributed by atoms with Gasteiger partial charge in [0.05, 0.1) is 12.0 Å². The van der Waals surface area contributed by atoms with E-state index in [0.717, 1.165) is 13.1 Å². The van der Waals surface area contributed by atoms with Crippen molar-refractivity contribution in [2.75, 3.05) is 26.7 Å². The van der Waals surface area contributed by atoms with E-state index >= 15 is 0 Å². The molecule has 0 spiro atoms. The molecular weight excluding hydrogens is 312 g/mol. The number of nitrogens with one attached hydrogen (secondary N) is 1. The van der Waals surface area contributed by atoms with Crippen LogP contribution in [0.5, 0.6) is 5.75 Å². The maximum absolute atomic E-state index is 12.6. The van der Waals surface area contributed by atoms with Crippen molar-refractivity contribution in [3.05, 3.63) is 23.8 Å². The third-order valence-corrected chi connectivity index (χ3v) is 6.12. The molecule has 1 N–H and O–H groups in total. The second-order valence-electron chi connectivity index (χ2n) is 6.54. The van der Waals surface area contributed by atoms with E-state index in [1.54, 1.807) is 32.2 Å². The van der Waals surface area contributed by atoms with E-state index in [-0.39, 0.29) is 6.04 Å². The third kappa shape index (κ3) is 4.46. The van der Waals surface area contributed by atoms with Gasteiger partial charge < -0.3 is 4.74 Å². The maximum atomic E-state index is 12.6. The minimum Gasteiger partial charge on any atom is -0.497 e. The van der Waals surface area contributed by atoms with Crippen molar-refractivity contribution in [2.24, 2.45) is 5.92 Å². The summed E-state index contributed by atoms with van der Waals surface area (Å²) in [6, 6.07) is 5.28. The molecule has 0 amide bonds. The van der Waals surface area contributed by atoms with Crippen molar-refractivity contribution in [2.45, 2.75) is 44.6 Å². The van der Waals surface area contributed by atoms with Crippen LogP contribution in [0.15, 0.2) is 23.1 Å². The molecule has 0 aliphatic carbocycles. The molecule has 23 heavy (non-hydrogen) atoms. The summed E-state index contributed by atoms with van der Waals surface area (Å²) in [5, 5.41) is 0. The Balaban J connectivity index is 2.11. The fraction of sp³-hybridized carbons (Fsp3) is 0.647. The molecule has 0 radical (unpaired) electrons. The lowest BCUT2D eigenvalue weighted by atomic mass is 10.0. The van der Waals surface area contributed by atoms with Gasteiger partial charge in [0, 0.05) is 12.6 Å². The van der Waals surface area contributed by atoms with Crippen LogP contribution in [0.25, 0.3) is 0 Å². The molecule has 1 fully saturated rings. The molecule has 1 aromatic rings. The van der Waals surface area contributed by atoms with Crippen LogP contribution in [0.3, 0.4) is 0 Å². The Hall–Kier alpha value is -1.11. The average molecular weight is 340 g/mol. The predicted molar refractivity (Wildman–Crippen MR) is 92.4 cm³/mol. The monoisotopic (exact) mass is 340 g/mol. The summed E-state index contributed by atoms with van der Waals surface area (Å²) in [7, 11) is -1.93. The Kier molecular flexibility index (Phi) is 6.06. The summed E-state index contributed by atoms with van der Waals surface area (Å²) in [6.45, 7) is 8.66. The van der Waals surface area contributed by atoms with E-state index in [2.05, 4.69) is 23.5 Å². The Morgan fingerprint density at radius 1 is 1.26 bits per heavy atom. The van der Waals surface area contributed by atoms with Gasteiger partial charge in [0.2, 0.25) is 10.0 Å². The number of likely N-dealkylation sites (tertiary alicyclic amines) is 1. The molecule has 1 aliphatic rings. The van der Waals surface area contributed by atoms with Gasteiger partial charge in [0.15, 0.2) is 0 Å². The lowest BCUT2D eigenvalue weighted by molar-refractivity contribution is 0.193. The van der Waals surface area contributed by atoms with Crippen LogP contribution in [-0.2, 0) is 10.0 Å². The number of aryl methyl sites for hydroxylation is 1. The number of rotatable bonds is 7. The molecule has 0 bridgehead atoms. The summed E-state index contributed by atoms with van der Waals surface area (Å²) in [6.07, 6.45) is 2.40. The van der Waals surface area contributed by atoms with E-state index in [0.29, 0.717) is 28.7 Å². The van der Waals surface area contributed by atoms with Crippen LogP contribution >= 0.6 is 0 Å². The molecule has 1 aromatic carbocycles. The van der Waals surface area contributed by atoms with Gasteiger partial charge in [-0.25, -0.2) is 13.1 Å². The van der Waals surface area contributed by atoms with E-state index < -0.39 is 10.0 Å². The molecule has 5 nitrogen and oxygen atoms in total. The summed E-state index contributed by atoms with van der Waals surface area (Å²) in [5.41, 5.74) is 0.694. The molecule has 1 saturated heterocycles. The Morgan fingerprint density at radius 2 is 1.91 bits per heavy atom. The maximum Gasteiger partial charge on any atom is 0.240 e. The quantitative estimate of drug-likeness (QED) is 0.828. The van der Waals surface area contributed by atoms with Gasteiger partial charge in [-0.1, -0.05) is 13.8 Å². The lowest BCUT2D eigenvalue weighted by Gasteiger charge is -2.31. The highest BCUT2D eigenvalue weighted by molar-refractivity contribution is 7.89. The number of ether oxygens (including phenoxy) is 1. The van der Waals surface area contributed by atoms with Crippen molar-refractivity contribution in [3.63, 3.8) is 0 Å². The van der Waals surface area contributed by atoms with Crippen LogP contribution < -0.4 is 9.46 Å². The zero-order valence-electron chi connectivity index (χ0n) is 14.5. The molecule has 1 unspecified atom stereocenters. The van der Waals surface area contributed by atoms with E-state index in [1.807, 2.05) is 0 Å². The normalized spacial score (nSPS) is 17.6. The minimum atomic E-state index is -3.51. The second-order valence-corrected chi connectivity index (χ2v) is 8.27. The summed E-state index contributed by atoms with van der Waals surface area (Å²) >= 11 is 0. The number of sulfonamides is 1. The van der Waals surface area contributed by atoms with Gasteiger partial charge in [-0.2, -0.15) is 0 Å². The fourth-order valence-electron chi connectivity index (χ4n) is 3.18. The fourth-order valence-corrected chi connectivity index (χ4v) is 4.46. The standard InChI is InChI=1S/C17H28N2O3S/c1-13(2)16(19-9-5-6-10-19)12-18-23(20,21)17-8-7-15(22-4)11-14(17)3/h7-8,11,13,16,18H,5-6,9-10,12H2,1-4H3. The van der Waals surface area contributed by atoms with Crippen LogP contribution in [0, 0.1) is 12.8 Å². The smallest absolute Gasteiger partial charge is 0.240 e. The number of nitrogens with zero attached hydrogens (tertiary/aromatic N) is 1. The first-order valence-corrected chi connectivity index (χ1v) is 9.72.